The number of nitrogens with zero attached hydrogens (tertiary/aromatic N) is 4. The second kappa shape index (κ2) is 11.0. The number of ether oxygens (including phenoxy) is 1. The van der Waals surface area contributed by atoms with Crippen molar-refractivity contribution in [1.29, 1.82) is 0 Å². The number of para-hydroxylation sites is 1. The van der Waals surface area contributed by atoms with Gasteiger partial charge in [-0.3, -0.25) is 0 Å². The number of aliphatic imine (C=N–C) groups is 1. The Hall–Kier alpha value is -2.66. The first-order valence-corrected chi connectivity index (χ1v) is 10.8. The van der Waals surface area contributed by atoms with Crippen molar-refractivity contribution in [2.24, 2.45) is 12.0 Å². The van der Waals surface area contributed by atoms with Gasteiger partial charge >= 0.3 is 0 Å². The molecule has 9 heteroatoms. The van der Waals surface area contributed by atoms with Gasteiger partial charge in [0, 0.05) is 19.0 Å². The Bertz CT molecular complexity index is 1080. The lowest BCUT2D eigenvalue weighted by Gasteiger charge is -2.30. The molecule has 1 aliphatic rings. The first-order valence-electron chi connectivity index (χ1n) is 10.8. The molecule has 8 nitrogen and oxygen atoms in total. The minimum absolute atomic E-state index is 0. The molecule has 1 aromatic heterocycles. The second-order valence-corrected chi connectivity index (χ2v) is 8.25. The molecule has 0 spiro atoms. The van der Waals surface area contributed by atoms with Gasteiger partial charge in [-0.1, -0.05) is 48.5 Å². The normalized spacial score (nSPS) is 17.2. The second-order valence-electron chi connectivity index (χ2n) is 8.25. The van der Waals surface area contributed by atoms with E-state index < -0.39 is 5.60 Å². The summed E-state index contributed by atoms with van der Waals surface area (Å²) in [7, 11) is 1.93. The van der Waals surface area contributed by atoms with Gasteiger partial charge in [0.1, 0.15) is 23.7 Å². The molecule has 0 radical (unpaired) electrons. The summed E-state index contributed by atoms with van der Waals surface area (Å²) in [6, 6.07) is 17.7. The number of rotatable bonds is 6. The van der Waals surface area contributed by atoms with Gasteiger partial charge in [0.15, 0.2) is 11.8 Å². The fourth-order valence-electron chi connectivity index (χ4n) is 3.70. The van der Waals surface area contributed by atoms with E-state index in [1.807, 2.05) is 67.1 Å². The van der Waals surface area contributed by atoms with Crippen molar-refractivity contribution in [2.45, 2.75) is 38.5 Å². The first-order chi connectivity index (χ1) is 15.4. The monoisotopic (exact) mass is 562 g/mol. The van der Waals surface area contributed by atoms with E-state index >= 15 is 0 Å². The predicted octanol–water partition coefficient (Wildman–Crippen LogP) is 3.21. The summed E-state index contributed by atoms with van der Waals surface area (Å²) in [5.74, 6) is 3.09. The Morgan fingerprint density at radius 1 is 1.18 bits per heavy atom. The number of hydrogen-bond donors (Lipinski definition) is 3. The molecule has 2 aromatic carbocycles. The minimum Gasteiger partial charge on any atom is -0.493 e. The van der Waals surface area contributed by atoms with Crippen LogP contribution in [0.1, 0.15) is 42.2 Å². The third kappa shape index (κ3) is 6.02. The summed E-state index contributed by atoms with van der Waals surface area (Å²) >= 11 is 0. The SMILES string of the molecule is Cc1nnc(CN=C(NCC(C)(O)c2ccccc2)NC2CCOc3ccccc32)n1C.I. The van der Waals surface area contributed by atoms with Crippen molar-refractivity contribution in [2.75, 3.05) is 13.2 Å². The molecule has 2 atom stereocenters. The maximum absolute atomic E-state index is 11.0. The van der Waals surface area contributed by atoms with E-state index in [9.17, 15) is 5.11 Å². The van der Waals surface area contributed by atoms with E-state index in [2.05, 4.69) is 26.9 Å². The van der Waals surface area contributed by atoms with Gasteiger partial charge < -0.3 is 25.0 Å². The van der Waals surface area contributed by atoms with Gasteiger partial charge in [-0.05, 0) is 25.5 Å². The summed E-state index contributed by atoms with van der Waals surface area (Å²) in [5.41, 5.74) is 0.878. The highest BCUT2D eigenvalue weighted by Gasteiger charge is 2.25. The summed E-state index contributed by atoms with van der Waals surface area (Å²) in [6.07, 6.45) is 0.815. The minimum atomic E-state index is -1.06. The first kappa shape index (κ1) is 25.0. The van der Waals surface area contributed by atoms with E-state index in [4.69, 9.17) is 9.73 Å². The lowest BCUT2D eigenvalue weighted by molar-refractivity contribution is 0.0616. The van der Waals surface area contributed by atoms with E-state index in [1.165, 1.54) is 0 Å². The largest absolute Gasteiger partial charge is 0.493 e. The molecule has 0 fully saturated rings. The smallest absolute Gasteiger partial charge is 0.192 e. The van der Waals surface area contributed by atoms with Gasteiger partial charge in [0.25, 0.3) is 0 Å². The van der Waals surface area contributed by atoms with Crippen LogP contribution in [0.4, 0.5) is 0 Å². The predicted molar refractivity (Wildman–Crippen MR) is 139 cm³/mol. The molecule has 0 saturated heterocycles. The molecule has 3 N–H and O–H groups in total. The van der Waals surface area contributed by atoms with E-state index in [1.54, 1.807) is 6.92 Å². The molecule has 176 valence electrons. The zero-order valence-electron chi connectivity index (χ0n) is 19.2. The lowest BCUT2D eigenvalue weighted by atomic mass is 9.96. The average Bonchev–Trinajstić information content (AvgIpc) is 3.14. The molecule has 3 aromatic rings. The fraction of sp³-hybridized carbons (Fsp3) is 0.375. The van der Waals surface area contributed by atoms with E-state index in [0.717, 1.165) is 34.9 Å². The van der Waals surface area contributed by atoms with Gasteiger partial charge in [-0.15, -0.1) is 34.2 Å². The van der Waals surface area contributed by atoms with Crippen molar-refractivity contribution in [3.05, 3.63) is 77.4 Å². The summed E-state index contributed by atoms with van der Waals surface area (Å²) in [5, 5.41) is 26.2. The summed E-state index contributed by atoms with van der Waals surface area (Å²) < 4.78 is 7.71. The Morgan fingerprint density at radius 2 is 1.91 bits per heavy atom. The molecule has 0 amide bonds. The maximum atomic E-state index is 11.0. The lowest BCUT2D eigenvalue weighted by Crippen LogP contribution is -2.46. The molecule has 1 aliphatic heterocycles. The van der Waals surface area contributed by atoms with Crippen LogP contribution in [-0.4, -0.2) is 39.0 Å². The van der Waals surface area contributed by atoms with Crippen LogP contribution in [0.15, 0.2) is 59.6 Å². The Balaban J connectivity index is 0.00000306. The zero-order chi connectivity index (χ0) is 22.6. The molecule has 2 heterocycles. The highest BCUT2D eigenvalue weighted by Crippen LogP contribution is 2.31. The van der Waals surface area contributed by atoms with Crippen molar-refractivity contribution >= 4 is 29.9 Å². The topological polar surface area (TPSA) is 96.6 Å². The van der Waals surface area contributed by atoms with Crippen LogP contribution in [0.25, 0.3) is 0 Å². The highest BCUT2D eigenvalue weighted by molar-refractivity contribution is 14.0. The zero-order valence-corrected chi connectivity index (χ0v) is 21.5. The van der Waals surface area contributed by atoms with Gasteiger partial charge in [-0.2, -0.15) is 0 Å². The van der Waals surface area contributed by atoms with Crippen LogP contribution in [-0.2, 0) is 19.2 Å². The van der Waals surface area contributed by atoms with Crippen LogP contribution in [0.3, 0.4) is 0 Å². The summed E-state index contributed by atoms with van der Waals surface area (Å²) in [6.45, 7) is 5.00. The number of fused-ring (bicyclic) bond motifs is 1. The molecule has 33 heavy (non-hydrogen) atoms. The fourth-order valence-corrected chi connectivity index (χ4v) is 3.70. The van der Waals surface area contributed by atoms with E-state index in [-0.39, 0.29) is 30.0 Å². The third-order valence-electron chi connectivity index (χ3n) is 5.83. The molecular formula is C24H31IN6O2. The highest BCUT2D eigenvalue weighted by atomic mass is 127. The van der Waals surface area contributed by atoms with Crippen LogP contribution in [0.5, 0.6) is 5.75 Å². The van der Waals surface area contributed by atoms with Crippen LogP contribution < -0.4 is 15.4 Å². The molecule has 2 unspecified atom stereocenters. The Labute approximate surface area is 211 Å². The van der Waals surface area contributed by atoms with Crippen LogP contribution in [0.2, 0.25) is 0 Å². The number of benzene rings is 2. The Kier molecular flexibility index (Phi) is 8.30. The number of aromatic nitrogens is 3. The van der Waals surface area contributed by atoms with Crippen molar-refractivity contribution in [3.8, 4) is 5.75 Å². The number of nitrogens with one attached hydrogen (secondary N) is 2. The summed E-state index contributed by atoms with van der Waals surface area (Å²) in [4.78, 5) is 4.75. The molecule has 0 bridgehead atoms. The van der Waals surface area contributed by atoms with Crippen LogP contribution in [0, 0.1) is 6.92 Å². The Morgan fingerprint density at radius 3 is 2.64 bits per heavy atom. The third-order valence-corrected chi connectivity index (χ3v) is 5.83. The quantitative estimate of drug-likeness (QED) is 0.243. The molecule has 4 rings (SSSR count). The van der Waals surface area contributed by atoms with Crippen molar-refractivity contribution in [1.82, 2.24) is 25.4 Å². The molecule has 0 aliphatic carbocycles. The number of aliphatic hydroxyl groups is 1. The number of aryl methyl sites for hydroxylation is 1. The van der Waals surface area contributed by atoms with Gasteiger partial charge in [-0.25, -0.2) is 4.99 Å². The number of guanidine groups is 1. The standard InChI is InChI=1S/C24H30N6O2.HI/c1-17-28-29-22(30(17)3)15-25-23(26-16-24(2,31)18-9-5-4-6-10-18)27-20-13-14-32-21-12-8-7-11-19(20)21;/h4-12,20,31H,13-16H2,1-3H3,(H2,25,26,27);1H. The maximum Gasteiger partial charge on any atom is 0.192 e. The van der Waals surface area contributed by atoms with Crippen molar-refractivity contribution in [3.63, 3.8) is 0 Å². The van der Waals surface area contributed by atoms with Gasteiger partial charge in [0.2, 0.25) is 0 Å². The number of halogens is 1. The van der Waals surface area contributed by atoms with Gasteiger partial charge in [0.05, 0.1) is 19.2 Å². The molecular weight excluding hydrogens is 531 g/mol. The van der Waals surface area contributed by atoms with Crippen molar-refractivity contribution < 1.29 is 9.84 Å². The average molecular weight is 562 g/mol. The molecule has 0 saturated carbocycles. The number of hydrogen-bond acceptors (Lipinski definition) is 5. The van der Waals surface area contributed by atoms with Crippen LogP contribution >= 0.6 is 24.0 Å². The van der Waals surface area contributed by atoms with E-state index in [0.29, 0.717) is 25.7 Å².